The van der Waals surface area contributed by atoms with E-state index in [1.165, 1.54) is 7.05 Å². The Labute approximate surface area is 136 Å². The van der Waals surface area contributed by atoms with Gasteiger partial charge in [-0.1, -0.05) is 18.5 Å². The standard InChI is InChI=1S/C15H21ClN2O3S/c1-11-5-4-8-18(10-11)15(19)13-9-12(6-7-14(13)16)17(2)22(3,20)21/h6-7,9,11H,4-5,8,10H2,1-3H3/t11-/m1/s1. The molecule has 1 aromatic carbocycles. The van der Waals surface area contributed by atoms with Gasteiger partial charge in [-0.15, -0.1) is 0 Å². The number of carbonyl (C=O) groups is 1. The lowest BCUT2D eigenvalue weighted by Gasteiger charge is -2.31. The van der Waals surface area contributed by atoms with E-state index in [0.717, 1.165) is 23.4 Å². The molecule has 1 aromatic rings. The molecule has 0 N–H and O–H groups in total. The second kappa shape index (κ2) is 6.46. The highest BCUT2D eigenvalue weighted by Gasteiger charge is 2.24. The molecule has 22 heavy (non-hydrogen) atoms. The Kier molecular flexibility index (Phi) is 5.02. The number of nitrogens with zero attached hydrogens (tertiary/aromatic N) is 2. The minimum absolute atomic E-state index is 0.139. The minimum atomic E-state index is -3.38. The second-order valence-corrected chi connectivity index (χ2v) is 8.31. The van der Waals surface area contributed by atoms with Gasteiger partial charge in [0.15, 0.2) is 0 Å². The molecule has 0 radical (unpaired) electrons. The van der Waals surface area contributed by atoms with Gasteiger partial charge in [0.25, 0.3) is 5.91 Å². The molecule has 0 aliphatic carbocycles. The fourth-order valence-corrected chi connectivity index (χ4v) is 3.30. The van der Waals surface area contributed by atoms with E-state index >= 15 is 0 Å². The summed E-state index contributed by atoms with van der Waals surface area (Å²) in [5.41, 5.74) is 0.782. The van der Waals surface area contributed by atoms with Crippen molar-refractivity contribution >= 4 is 33.2 Å². The lowest BCUT2D eigenvalue weighted by Crippen LogP contribution is -2.39. The third-order valence-corrected chi connectivity index (χ3v) is 5.52. The number of benzene rings is 1. The van der Waals surface area contributed by atoms with Crippen LogP contribution in [0.25, 0.3) is 0 Å². The Balaban J connectivity index is 2.32. The second-order valence-electron chi connectivity index (χ2n) is 5.89. The maximum Gasteiger partial charge on any atom is 0.255 e. The summed E-state index contributed by atoms with van der Waals surface area (Å²) < 4.78 is 24.4. The first-order valence-corrected chi connectivity index (χ1v) is 9.45. The maximum absolute atomic E-state index is 12.7. The van der Waals surface area contributed by atoms with Gasteiger partial charge in [0.2, 0.25) is 10.0 Å². The quantitative estimate of drug-likeness (QED) is 0.846. The van der Waals surface area contributed by atoms with Crippen LogP contribution in [0.15, 0.2) is 18.2 Å². The molecule has 1 atom stereocenters. The van der Waals surface area contributed by atoms with Gasteiger partial charge in [-0.2, -0.15) is 0 Å². The van der Waals surface area contributed by atoms with Crippen LogP contribution >= 0.6 is 11.6 Å². The Morgan fingerprint density at radius 1 is 1.41 bits per heavy atom. The SMILES string of the molecule is C[C@@H]1CCCN(C(=O)c2cc(N(C)S(C)(=O)=O)ccc2Cl)C1. The first-order chi connectivity index (χ1) is 10.2. The third kappa shape index (κ3) is 3.73. The first-order valence-electron chi connectivity index (χ1n) is 7.23. The largest absolute Gasteiger partial charge is 0.338 e. The van der Waals surface area contributed by atoms with Crippen LogP contribution in [0, 0.1) is 5.92 Å². The molecule has 1 amide bonds. The van der Waals surface area contributed by atoms with Crippen molar-refractivity contribution < 1.29 is 13.2 Å². The van der Waals surface area contributed by atoms with Crippen molar-refractivity contribution in [2.45, 2.75) is 19.8 Å². The Hall–Kier alpha value is -1.27. The normalized spacial score (nSPS) is 19.1. The Morgan fingerprint density at radius 2 is 2.09 bits per heavy atom. The lowest BCUT2D eigenvalue weighted by atomic mass is 9.99. The topological polar surface area (TPSA) is 57.7 Å². The fourth-order valence-electron chi connectivity index (χ4n) is 2.61. The zero-order chi connectivity index (χ0) is 16.5. The van der Waals surface area contributed by atoms with Crippen molar-refractivity contribution in [3.05, 3.63) is 28.8 Å². The van der Waals surface area contributed by atoms with E-state index in [9.17, 15) is 13.2 Å². The Morgan fingerprint density at radius 3 is 2.68 bits per heavy atom. The summed E-state index contributed by atoms with van der Waals surface area (Å²) in [6, 6.07) is 4.71. The number of sulfonamides is 1. The summed E-state index contributed by atoms with van der Waals surface area (Å²) in [5, 5.41) is 0.342. The molecular formula is C15H21ClN2O3S. The average molecular weight is 345 g/mol. The van der Waals surface area contributed by atoms with E-state index in [1.807, 2.05) is 0 Å². The molecule has 7 heteroatoms. The molecule has 0 unspecified atom stereocenters. The summed E-state index contributed by atoms with van der Waals surface area (Å²) in [5.74, 6) is 0.332. The van der Waals surface area contributed by atoms with Crippen molar-refractivity contribution in [3.8, 4) is 0 Å². The van der Waals surface area contributed by atoms with E-state index in [0.29, 0.717) is 35.3 Å². The predicted octanol–water partition coefficient (Wildman–Crippen LogP) is 2.61. The number of halogens is 1. The van der Waals surface area contributed by atoms with Crippen molar-refractivity contribution in [2.75, 3.05) is 30.7 Å². The molecule has 1 aliphatic rings. The molecule has 1 aliphatic heterocycles. The highest BCUT2D eigenvalue weighted by Crippen LogP contribution is 2.27. The van der Waals surface area contributed by atoms with Gasteiger partial charge < -0.3 is 4.90 Å². The summed E-state index contributed by atoms with van der Waals surface area (Å²) in [7, 11) is -1.93. The van der Waals surface area contributed by atoms with Crippen LogP contribution in [-0.2, 0) is 10.0 Å². The van der Waals surface area contributed by atoms with Gasteiger partial charge in [0, 0.05) is 20.1 Å². The zero-order valence-electron chi connectivity index (χ0n) is 13.0. The highest BCUT2D eigenvalue weighted by atomic mass is 35.5. The monoisotopic (exact) mass is 344 g/mol. The van der Waals surface area contributed by atoms with Crippen LogP contribution in [0.4, 0.5) is 5.69 Å². The molecular weight excluding hydrogens is 324 g/mol. The summed E-state index contributed by atoms with van der Waals surface area (Å²) in [6.45, 7) is 3.54. The van der Waals surface area contributed by atoms with Gasteiger partial charge in [-0.05, 0) is 37.0 Å². The van der Waals surface area contributed by atoms with E-state index in [1.54, 1.807) is 23.1 Å². The van der Waals surface area contributed by atoms with Crippen LogP contribution < -0.4 is 4.31 Å². The van der Waals surface area contributed by atoms with Gasteiger partial charge in [-0.3, -0.25) is 9.10 Å². The summed E-state index contributed by atoms with van der Waals surface area (Å²) in [4.78, 5) is 14.5. The van der Waals surface area contributed by atoms with Crippen molar-refractivity contribution in [2.24, 2.45) is 5.92 Å². The number of piperidine rings is 1. The smallest absolute Gasteiger partial charge is 0.255 e. The van der Waals surface area contributed by atoms with E-state index in [4.69, 9.17) is 11.6 Å². The number of amides is 1. The number of rotatable bonds is 3. The zero-order valence-corrected chi connectivity index (χ0v) is 14.6. The Bertz CT molecular complexity index is 675. The van der Waals surface area contributed by atoms with E-state index < -0.39 is 10.0 Å². The van der Waals surface area contributed by atoms with E-state index in [-0.39, 0.29) is 5.91 Å². The molecule has 0 spiro atoms. The molecule has 1 fully saturated rings. The van der Waals surface area contributed by atoms with Crippen LogP contribution in [0.5, 0.6) is 0 Å². The lowest BCUT2D eigenvalue weighted by molar-refractivity contribution is 0.0683. The molecule has 122 valence electrons. The van der Waals surface area contributed by atoms with Crippen molar-refractivity contribution in [3.63, 3.8) is 0 Å². The van der Waals surface area contributed by atoms with Gasteiger partial charge in [0.1, 0.15) is 0 Å². The van der Waals surface area contributed by atoms with Crippen LogP contribution in [0.1, 0.15) is 30.1 Å². The number of carbonyl (C=O) groups excluding carboxylic acids is 1. The molecule has 1 heterocycles. The van der Waals surface area contributed by atoms with E-state index in [2.05, 4.69) is 6.92 Å². The average Bonchev–Trinajstić information content (AvgIpc) is 2.45. The van der Waals surface area contributed by atoms with Crippen molar-refractivity contribution in [1.82, 2.24) is 4.90 Å². The fraction of sp³-hybridized carbons (Fsp3) is 0.533. The molecule has 0 bridgehead atoms. The molecule has 0 saturated carbocycles. The minimum Gasteiger partial charge on any atom is -0.338 e. The molecule has 2 rings (SSSR count). The number of hydrogen-bond donors (Lipinski definition) is 0. The van der Waals surface area contributed by atoms with Crippen LogP contribution in [-0.4, -0.2) is 45.6 Å². The van der Waals surface area contributed by atoms with Crippen LogP contribution in [0.2, 0.25) is 5.02 Å². The molecule has 0 aromatic heterocycles. The maximum atomic E-state index is 12.7. The third-order valence-electron chi connectivity index (χ3n) is 3.99. The molecule has 1 saturated heterocycles. The van der Waals surface area contributed by atoms with Crippen LogP contribution in [0.3, 0.4) is 0 Å². The predicted molar refractivity (Wildman–Crippen MR) is 89.0 cm³/mol. The number of hydrogen-bond acceptors (Lipinski definition) is 3. The number of anilines is 1. The summed E-state index contributed by atoms with van der Waals surface area (Å²) >= 11 is 6.15. The molecule has 5 nitrogen and oxygen atoms in total. The number of likely N-dealkylation sites (tertiary alicyclic amines) is 1. The van der Waals surface area contributed by atoms with Gasteiger partial charge >= 0.3 is 0 Å². The van der Waals surface area contributed by atoms with Gasteiger partial charge in [0.05, 0.1) is 22.5 Å². The first kappa shape index (κ1) is 17.1. The summed E-state index contributed by atoms with van der Waals surface area (Å²) in [6.07, 6.45) is 3.22. The van der Waals surface area contributed by atoms with Gasteiger partial charge in [-0.25, -0.2) is 8.42 Å². The van der Waals surface area contributed by atoms with Crippen molar-refractivity contribution in [1.29, 1.82) is 0 Å². The highest BCUT2D eigenvalue weighted by molar-refractivity contribution is 7.92.